The van der Waals surface area contributed by atoms with Crippen molar-refractivity contribution in [3.63, 3.8) is 0 Å². The third kappa shape index (κ3) is 3.77. The van der Waals surface area contributed by atoms with Crippen LogP contribution in [0.15, 0.2) is 12.1 Å². The molecule has 1 aromatic carbocycles. The predicted molar refractivity (Wildman–Crippen MR) is 92.1 cm³/mol. The summed E-state index contributed by atoms with van der Waals surface area (Å²) in [4.78, 5) is 2.18. The Kier molecular flexibility index (Phi) is 4.80. The highest BCUT2D eigenvalue weighted by atomic mass is 32.4. The first-order chi connectivity index (χ1) is 8.48. The smallest absolute Gasteiger partial charge is 0.0495 e. The summed E-state index contributed by atoms with van der Waals surface area (Å²) in [7, 11) is 5.12. The van der Waals surface area contributed by atoms with Crippen molar-refractivity contribution < 1.29 is 0 Å². The molecule has 0 aliphatic carbocycles. The normalized spacial score (nSPS) is 12.8. The Morgan fingerprint density at radius 3 is 1.79 bits per heavy atom. The molecule has 0 radical (unpaired) electrons. The van der Waals surface area contributed by atoms with E-state index < -0.39 is 0 Å². The molecule has 0 saturated heterocycles. The summed E-state index contributed by atoms with van der Waals surface area (Å²) in [6, 6.07) is 4.64. The lowest BCUT2D eigenvalue weighted by Crippen LogP contribution is -2.27. The fraction of sp³-hybridized carbons (Fsp3) is 0.625. The molecule has 0 bridgehead atoms. The SMILES string of the molecule is CN(C)c1cc(C(C)(C)C)cc(C(C)(C)C)c1P=S. The molecule has 0 aliphatic heterocycles. The number of hydrogen-bond acceptors (Lipinski definition) is 2. The Morgan fingerprint density at radius 1 is 0.947 bits per heavy atom. The lowest BCUT2D eigenvalue weighted by molar-refractivity contribution is 0.571. The summed E-state index contributed by atoms with van der Waals surface area (Å²) in [6.45, 7) is 13.6. The van der Waals surface area contributed by atoms with E-state index in [0.29, 0.717) is 0 Å². The van der Waals surface area contributed by atoms with Crippen LogP contribution in [0.2, 0.25) is 0 Å². The van der Waals surface area contributed by atoms with Gasteiger partial charge < -0.3 is 4.90 Å². The largest absolute Gasteiger partial charge is 0.377 e. The molecular weight excluding hydrogens is 269 g/mol. The zero-order valence-electron chi connectivity index (χ0n) is 13.5. The minimum absolute atomic E-state index is 0.118. The van der Waals surface area contributed by atoms with E-state index in [1.54, 1.807) is 0 Å². The van der Waals surface area contributed by atoms with Crippen LogP contribution in [-0.4, -0.2) is 14.1 Å². The molecule has 0 N–H and O–H groups in total. The van der Waals surface area contributed by atoms with Gasteiger partial charge in [-0.1, -0.05) is 59.4 Å². The van der Waals surface area contributed by atoms with Crippen LogP contribution in [0.3, 0.4) is 0 Å². The minimum Gasteiger partial charge on any atom is -0.377 e. The van der Waals surface area contributed by atoms with Crippen molar-refractivity contribution in [2.75, 3.05) is 19.0 Å². The lowest BCUT2D eigenvalue weighted by Gasteiger charge is -2.30. The van der Waals surface area contributed by atoms with Crippen molar-refractivity contribution in [2.24, 2.45) is 0 Å². The fourth-order valence-electron chi connectivity index (χ4n) is 2.06. The van der Waals surface area contributed by atoms with Crippen LogP contribution in [0.5, 0.6) is 0 Å². The molecule has 0 aromatic heterocycles. The van der Waals surface area contributed by atoms with Crippen LogP contribution in [-0.2, 0) is 22.6 Å². The first-order valence-electron chi connectivity index (χ1n) is 6.68. The minimum atomic E-state index is 0.118. The van der Waals surface area contributed by atoms with Gasteiger partial charge in [-0.2, -0.15) is 0 Å². The number of anilines is 1. The van der Waals surface area contributed by atoms with E-state index in [1.807, 2.05) is 0 Å². The molecule has 19 heavy (non-hydrogen) atoms. The molecule has 3 heteroatoms. The summed E-state index contributed by atoms with van der Waals surface area (Å²) in [5.41, 5.74) is 4.28. The Labute approximate surface area is 125 Å². The quantitative estimate of drug-likeness (QED) is 0.745. The second-order valence-electron chi connectivity index (χ2n) is 7.38. The highest BCUT2D eigenvalue weighted by Gasteiger charge is 2.24. The lowest BCUT2D eigenvalue weighted by atomic mass is 9.80. The molecule has 0 heterocycles. The topological polar surface area (TPSA) is 3.24 Å². The van der Waals surface area contributed by atoms with Gasteiger partial charge in [-0.3, -0.25) is 0 Å². The second-order valence-corrected chi connectivity index (χ2v) is 8.55. The van der Waals surface area contributed by atoms with Crippen molar-refractivity contribution in [1.29, 1.82) is 0 Å². The molecule has 0 atom stereocenters. The van der Waals surface area contributed by atoms with E-state index >= 15 is 0 Å². The molecule has 0 unspecified atom stereocenters. The summed E-state index contributed by atoms with van der Waals surface area (Å²) in [5, 5.41) is 1.28. The van der Waals surface area contributed by atoms with Crippen molar-refractivity contribution in [3.05, 3.63) is 23.3 Å². The van der Waals surface area contributed by atoms with E-state index in [0.717, 1.165) is 7.36 Å². The van der Waals surface area contributed by atoms with Crippen LogP contribution in [0, 0.1) is 0 Å². The van der Waals surface area contributed by atoms with Crippen LogP contribution in [0.4, 0.5) is 5.69 Å². The average molecular weight is 295 g/mol. The molecular formula is C16H26NPS. The highest BCUT2D eigenvalue weighted by Crippen LogP contribution is 2.33. The predicted octanol–water partition coefficient (Wildman–Crippen LogP) is 4.38. The number of hydrogen-bond donors (Lipinski definition) is 0. The molecule has 1 nitrogen and oxygen atoms in total. The van der Waals surface area contributed by atoms with Crippen molar-refractivity contribution in [2.45, 2.75) is 52.4 Å². The maximum Gasteiger partial charge on any atom is 0.0495 e. The van der Waals surface area contributed by atoms with Crippen molar-refractivity contribution in [3.8, 4) is 0 Å². The van der Waals surface area contributed by atoms with Gasteiger partial charge >= 0.3 is 0 Å². The van der Waals surface area contributed by atoms with Gasteiger partial charge in [0.1, 0.15) is 0 Å². The molecule has 0 fully saturated rings. The van der Waals surface area contributed by atoms with Gasteiger partial charge in [0.05, 0.1) is 0 Å². The molecule has 1 rings (SSSR count). The number of nitrogens with zero attached hydrogens (tertiary/aromatic N) is 1. The van der Waals surface area contributed by atoms with E-state index in [9.17, 15) is 0 Å². The van der Waals surface area contributed by atoms with Crippen LogP contribution in [0.25, 0.3) is 0 Å². The fourth-order valence-corrected chi connectivity index (χ4v) is 3.49. The molecule has 0 aliphatic rings. The van der Waals surface area contributed by atoms with Gasteiger partial charge in [0, 0.05) is 32.4 Å². The first-order valence-corrected chi connectivity index (χ1v) is 8.59. The van der Waals surface area contributed by atoms with Crippen molar-refractivity contribution in [1.82, 2.24) is 0 Å². The van der Waals surface area contributed by atoms with E-state index in [-0.39, 0.29) is 10.8 Å². The zero-order chi connectivity index (χ0) is 15.0. The summed E-state index contributed by atoms with van der Waals surface area (Å²) in [5.74, 6) is 0. The molecule has 0 amide bonds. The number of rotatable bonds is 2. The molecule has 1 aromatic rings. The first kappa shape index (κ1) is 16.6. The summed E-state index contributed by atoms with van der Waals surface area (Å²) >= 11 is 5.36. The van der Waals surface area contributed by atoms with Crippen molar-refractivity contribution >= 4 is 30.2 Å². The zero-order valence-corrected chi connectivity index (χ0v) is 15.2. The van der Waals surface area contributed by atoms with Gasteiger partial charge in [-0.05, 0) is 28.0 Å². The van der Waals surface area contributed by atoms with E-state index in [2.05, 4.69) is 72.7 Å². The van der Waals surface area contributed by atoms with Gasteiger partial charge in [-0.25, -0.2) is 0 Å². The van der Waals surface area contributed by atoms with Crippen LogP contribution in [0.1, 0.15) is 52.7 Å². The second kappa shape index (κ2) is 5.50. The summed E-state index contributed by atoms with van der Waals surface area (Å²) in [6.07, 6.45) is 0. The molecule has 0 saturated carbocycles. The summed E-state index contributed by atoms with van der Waals surface area (Å²) < 4.78 is 0. The van der Waals surface area contributed by atoms with Gasteiger partial charge in [0.2, 0.25) is 0 Å². The Balaban J connectivity index is 3.70. The Morgan fingerprint density at radius 2 is 1.47 bits per heavy atom. The number of benzene rings is 1. The van der Waals surface area contributed by atoms with E-state index in [4.69, 9.17) is 11.8 Å². The Bertz CT molecular complexity index is 479. The van der Waals surface area contributed by atoms with E-state index in [1.165, 1.54) is 22.1 Å². The third-order valence-corrected chi connectivity index (χ3v) is 4.54. The monoisotopic (exact) mass is 295 g/mol. The Hall–Kier alpha value is -0.460. The average Bonchev–Trinajstić information content (AvgIpc) is 2.24. The van der Waals surface area contributed by atoms with Crippen LogP contribution >= 0.6 is 7.36 Å². The van der Waals surface area contributed by atoms with Gasteiger partial charge in [0.25, 0.3) is 0 Å². The highest BCUT2D eigenvalue weighted by molar-refractivity contribution is 7.99. The maximum atomic E-state index is 5.36. The molecule has 106 valence electrons. The van der Waals surface area contributed by atoms with Crippen LogP contribution < -0.4 is 10.2 Å². The maximum absolute atomic E-state index is 5.36. The van der Waals surface area contributed by atoms with Gasteiger partial charge in [0.15, 0.2) is 0 Å². The standard InChI is InChI=1S/C16H26NPS/c1-15(2,3)11-9-12(16(4,5)6)14(18-19)13(10-11)17(7)8/h9-10H,1-8H3. The van der Waals surface area contributed by atoms with Gasteiger partial charge in [-0.15, -0.1) is 0 Å². The molecule has 0 spiro atoms. The third-order valence-electron chi connectivity index (χ3n) is 3.34.